The first-order valence-corrected chi connectivity index (χ1v) is 6.45. The monoisotopic (exact) mass is 253 g/mol. The maximum atomic E-state index is 8.98. The van der Waals surface area contributed by atoms with E-state index in [-0.39, 0.29) is 12.5 Å². The first-order chi connectivity index (χ1) is 8.71. The molecule has 4 nitrogen and oxygen atoms in total. The Morgan fingerprint density at radius 1 is 1.17 bits per heavy atom. The van der Waals surface area contributed by atoms with Gasteiger partial charge >= 0.3 is 0 Å². The van der Waals surface area contributed by atoms with E-state index >= 15 is 0 Å². The number of hydrogen-bond acceptors (Lipinski definition) is 4. The summed E-state index contributed by atoms with van der Waals surface area (Å²) in [5.41, 5.74) is 0.974. The Hall–Kier alpha value is -1.42. The molecule has 0 heterocycles. The SMILES string of the molecule is CCOc1ccc(NCC(C)CO)cc1OCC. The summed E-state index contributed by atoms with van der Waals surface area (Å²) in [7, 11) is 0. The van der Waals surface area contributed by atoms with Crippen molar-refractivity contribution in [1.82, 2.24) is 0 Å². The van der Waals surface area contributed by atoms with Crippen LogP contribution in [0.3, 0.4) is 0 Å². The number of benzene rings is 1. The molecule has 0 fully saturated rings. The zero-order valence-electron chi connectivity index (χ0n) is 11.4. The molecule has 4 heteroatoms. The smallest absolute Gasteiger partial charge is 0.163 e. The summed E-state index contributed by atoms with van der Waals surface area (Å²) in [5.74, 6) is 1.74. The van der Waals surface area contributed by atoms with Gasteiger partial charge in [-0.3, -0.25) is 0 Å². The second-order valence-electron chi connectivity index (χ2n) is 4.20. The molecular formula is C14H23NO3. The zero-order chi connectivity index (χ0) is 13.4. The summed E-state index contributed by atoms with van der Waals surface area (Å²) in [6, 6.07) is 5.79. The maximum absolute atomic E-state index is 8.98. The molecule has 102 valence electrons. The van der Waals surface area contributed by atoms with Gasteiger partial charge in [0.2, 0.25) is 0 Å². The van der Waals surface area contributed by atoms with Crippen LogP contribution >= 0.6 is 0 Å². The van der Waals surface area contributed by atoms with E-state index < -0.39 is 0 Å². The minimum atomic E-state index is 0.183. The van der Waals surface area contributed by atoms with Crippen molar-refractivity contribution in [2.45, 2.75) is 20.8 Å². The summed E-state index contributed by atoms with van der Waals surface area (Å²) in [6.45, 7) is 8.03. The topological polar surface area (TPSA) is 50.7 Å². The Morgan fingerprint density at radius 2 is 1.83 bits per heavy atom. The summed E-state index contributed by atoms with van der Waals surface area (Å²) in [6.07, 6.45) is 0. The van der Waals surface area contributed by atoms with Gasteiger partial charge in [-0.1, -0.05) is 6.92 Å². The van der Waals surface area contributed by atoms with Gasteiger partial charge < -0.3 is 19.9 Å². The van der Waals surface area contributed by atoms with Gasteiger partial charge in [0.15, 0.2) is 11.5 Å². The molecule has 0 aliphatic rings. The van der Waals surface area contributed by atoms with Gasteiger partial charge in [0.1, 0.15) is 0 Å². The Labute approximate surface area is 109 Å². The van der Waals surface area contributed by atoms with Crippen LogP contribution in [0.2, 0.25) is 0 Å². The van der Waals surface area contributed by atoms with Crippen LogP contribution in [0, 0.1) is 5.92 Å². The predicted octanol–water partition coefficient (Wildman–Crippen LogP) is 2.52. The van der Waals surface area contributed by atoms with Crippen molar-refractivity contribution in [3.05, 3.63) is 18.2 Å². The second kappa shape index (κ2) is 7.82. The van der Waals surface area contributed by atoms with Gasteiger partial charge in [0, 0.05) is 24.9 Å². The molecule has 1 aromatic carbocycles. The molecule has 0 saturated carbocycles. The molecule has 2 N–H and O–H groups in total. The lowest BCUT2D eigenvalue weighted by Crippen LogP contribution is -2.14. The average Bonchev–Trinajstić information content (AvgIpc) is 2.39. The molecular weight excluding hydrogens is 230 g/mol. The fraction of sp³-hybridized carbons (Fsp3) is 0.571. The van der Waals surface area contributed by atoms with Crippen molar-refractivity contribution in [1.29, 1.82) is 0 Å². The van der Waals surface area contributed by atoms with Crippen LogP contribution in [0.25, 0.3) is 0 Å². The number of aliphatic hydroxyl groups excluding tert-OH is 1. The van der Waals surface area contributed by atoms with Crippen molar-refractivity contribution in [2.75, 3.05) is 31.7 Å². The van der Waals surface area contributed by atoms with Gasteiger partial charge in [0.05, 0.1) is 13.2 Å². The third-order valence-electron chi connectivity index (χ3n) is 2.51. The third kappa shape index (κ3) is 4.45. The molecule has 0 bridgehead atoms. The van der Waals surface area contributed by atoms with E-state index in [9.17, 15) is 0 Å². The fourth-order valence-electron chi connectivity index (χ4n) is 1.52. The zero-order valence-corrected chi connectivity index (χ0v) is 11.4. The number of nitrogens with one attached hydrogen (secondary N) is 1. The molecule has 1 unspecified atom stereocenters. The minimum Gasteiger partial charge on any atom is -0.490 e. The van der Waals surface area contributed by atoms with Gasteiger partial charge in [-0.15, -0.1) is 0 Å². The van der Waals surface area contributed by atoms with E-state index in [1.54, 1.807) is 0 Å². The lowest BCUT2D eigenvalue weighted by molar-refractivity contribution is 0.244. The molecule has 1 atom stereocenters. The normalized spacial score (nSPS) is 12.0. The number of ether oxygens (including phenoxy) is 2. The van der Waals surface area contributed by atoms with Gasteiger partial charge in [0.25, 0.3) is 0 Å². The van der Waals surface area contributed by atoms with Gasteiger partial charge in [-0.2, -0.15) is 0 Å². The highest BCUT2D eigenvalue weighted by molar-refractivity contribution is 5.54. The highest BCUT2D eigenvalue weighted by Gasteiger charge is 2.06. The number of rotatable bonds is 8. The van der Waals surface area contributed by atoms with E-state index in [4.69, 9.17) is 14.6 Å². The number of aliphatic hydroxyl groups is 1. The lowest BCUT2D eigenvalue weighted by atomic mass is 10.2. The van der Waals surface area contributed by atoms with Crippen LogP contribution in [-0.4, -0.2) is 31.5 Å². The maximum Gasteiger partial charge on any atom is 0.163 e. The van der Waals surface area contributed by atoms with E-state index in [1.165, 1.54) is 0 Å². The van der Waals surface area contributed by atoms with Crippen LogP contribution in [-0.2, 0) is 0 Å². The largest absolute Gasteiger partial charge is 0.490 e. The van der Waals surface area contributed by atoms with E-state index in [0.717, 1.165) is 23.7 Å². The summed E-state index contributed by atoms with van der Waals surface area (Å²) in [5, 5.41) is 12.2. The molecule has 0 aromatic heterocycles. The van der Waals surface area contributed by atoms with E-state index in [0.29, 0.717) is 13.2 Å². The average molecular weight is 253 g/mol. The summed E-state index contributed by atoms with van der Waals surface area (Å²) < 4.78 is 11.0. The highest BCUT2D eigenvalue weighted by Crippen LogP contribution is 2.30. The van der Waals surface area contributed by atoms with Gasteiger partial charge in [-0.05, 0) is 31.9 Å². The predicted molar refractivity (Wildman–Crippen MR) is 73.5 cm³/mol. The van der Waals surface area contributed by atoms with Crippen LogP contribution in [0.5, 0.6) is 11.5 Å². The Morgan fingerprint density at radius 3 is 2.44 bits per heavy atom. The molecule has 0 amide bonds. The number of hydrogen-bond donors (Lipinski definition) is 2. The Bertz CT molecular complexity index is 355. The first-order valence-electron chi connectivity index (χ1n) is 6.45. The van der Waals surface area contributed by atoms with Crippen LogP contribution in [0.4, 0.5) is 5.69 Å². The van der Waals surface area contributed by atoms with E-state index in [1.807, 2.05) is 39.0 Å². The van der Waals surface area contributed by atoms with Crippen LogP contribution in [0.1, 0.15) is 20.8 Å². The highest BCUT2D eigenvalue weighted by atomic mass is 16.5. The molecule has 0 aliphatic carbocycles. The Balaban J connectivity index is 2.72. The van der Waals surface area contributed by atoms with Crippen molar-refractivity contribution in [3.8, 4) is 11.5 Å². The van der Waals surface area contributed by atoms with Crippen molar-refractivity contribution in [3.63, 3.8) is 0 Å². The quantitative estimate of drug-likeness (QED) is 0.747. The molecule has 0 radical (unpaired) electrons. The first kappa shape index (κ1) is 14.6. The van der Waals surface area contributed by atoms with E-state index in [2.05, 4.69) is 5.32 Å². The standard InChI is InChI=1S/C14H23NO3/c1-4-17-13-7-6-12(8-14(13)18-5-2)15-9-11(3)10-16/h6-8,11,15-16H,4-5,9-10H2,1-3H3. The molecule has 18 heavy (non-hydrogen) atoms. The van der Waals surface area contributed by atoms with Crippen molar-refractivity contribution in [2.24, 2.45) is 5.92 Å². The summed E-state index contributed by atoms with van der Waals surface area (Å²) in [4.78, 5) is 0. The molecule has 0 aliphatic heterocycles. The van der Waals surface area contributed by atoms with Crippen LogP contribution < -0.4 is 14.8 Å². The molecule has 0 saturated heterocycles. The minimum absolute atomic E-state index is 0.183. The number of anilines is 1. The van der Waals surface area contributed by atoms with Crippen molar-refractivity contribution >= 4 is 5.69 Å². The molecule has 0 spiro atoms. The van der Waals surface area contributed by atoms with Crippen molar-refractivity contribution < 1.29 is 14.6 Å². The lowest BCUT2D eigenvalue weighted by Gasteiger charge is -2.15. The van der Waals surface area contributed by atoms with Crippen LogP contribution in [0.15, 0.2) is 18.2 Å². The Kier molecular flexibility index (Phi) is 6.36. The summed E-state index contributed by atoms with van der Waals surface area (Å²) >= 11 is 0. The molecule has 1 rings (SSSR count). The molecule has 1 aromatic rings. The fourth-order valence-corrected chi connectivity index (χ4v) is 1.52. The second-order valence-corrected chi connectivity index (χ2v) is 4.20. The third-order valence-corrected chi connectivity index (χ3v) is 2.51. The van der Waals surface area contributed by atoms with Gasteiger partial charge in [-0.25, -0.2) is 0 Å².